The molecule has 0 heterocycles. The van der Waals surface area contributed by atoms with E-state index in [9.17, 15) is 13.2 Å². The highest BCUT2D eigenvalue weighted by Crippen LogP contribution is 2.32. The summed E-state index contributed by atoms with van der Waals surface area (Å²) in [4.78, 5) is 0. The van der Waals surface area contributed by atoms with Gasteiger partial charge >= 0.3 is 6.18 Å². The topological polar surface area (TPSA) is 9.23 Å². The molecule has 19 heavy (non-hydrogen) atoms. The summed E-state index contributed by atoms with van der Waals surface area (Å²) in [6, 6.07) is 10.3. The van der Waals surface area contributed by atoms with Gasteiger partial charge in [0.05, 0.1) is 5.56 Å². The molecule has 0 aliphatic rings. The van der Waals surface area contributed by atoms with Crippen LogP contribution in [0.4, 0.5) is 13.2 Å². The van der Waals surface area contributed by atoms with Crippen LogP contribution < -0.4 is 4.74 Å². The van der Waals surface area contributed by atoms with Crippen LogP contribution in [-0.2, 0) is 6.18 Å². The number of aryl methyl sites for hydroxylation is 2. The minimum absolute atomic E-state index is 0.179. The Balaban J connectivity index is 2.26. The molecule has 0 aliphatic carbocycles. The second-order valence-corrected chi connectivity index (χ2v) is 4.37. The number of hydrogen-bond acceptors (Lipinski definition) is 1. The molecule has 0 spiro atoms. The van der Waals surface area contributed by atoms with Gasteiger partial charge in [0.1, 0.15) is 11.5 Å². The number of hydrogen-bond donors (Lipinski definition) is 0. The maximum Gasteiger partial charge on any atom is 0.416 e. The zero-order chi connectivity index (χ0) is 14.0. The number of ether oxygens (including phenoxy) is 1. The monoisotopic (exact) mass is 266 g/mol. The molecule has 1 nitrogen and oxygen atoms in total. The number of benzene rings is 2. The van der Waals surface area contributed by atoms with Crippen LogP contribution in [0.25, 0.3) is 0 Å². The highest BCUT2D eigenvalue weighted by molar-refractivity contribution is 5.38. The molecular formula is C15H13F3O. The molecule has 0 aliphatic heterocycles. The van der Waals surface area contributed by atoms with Crippen molar-refractivity contribution in [1.82, 2.24) is 0 Å². The van der Waals surface area contributed by atoms with Gasteiger partial charge in [-0.05, 0) is 55.3 Å². The molecule has 0 saturated heterocycles. The maximum absolute atomic E-state index is 12.6. The van der Waals surface area contributed by atoms with Gasteiger partial charge < -0.3 is 4.74 Å². The summed E-state index contributed by atoms with van der Waals surface area (Å²) in [6.45, 7) is 3.89. The van der Waals surface area contributed by atoms with E-state index < -0.39 is 11.7 Å². The molecule has 0 aromatic heterocycles. The molecule has 100 valence electrons. The first kappa shape index (κ1) is 13.5. The smallest absolute Gasteiger partial charge is 0.416 e. The summed E-state index contributed by atoms with van der Waals surface area (Å²) in [6.07, 6.45) is -4.36. The van der Waals surface area contributed by atoms with E-state index in [4.69, 9.17) is 4.74 Å². The van der Waals surface area contributed by atoms with Crippen LogP contribution in [0.2, 0.25) is 0 Å². The molecule has 2 aromatic carbocycles. The first-order chi connectivity index (χ1) is 8.86. The van der Waals surface area contributed by atoms with E-state index in [1.165, 1.54) is 12.1 Å². The molecular weight excluding hydrogens is 253 g/mol. The second-order valence-electron chi connectivity index (χ2n) is 4.37. The molecule has 0 atom stereocenters. The van der Waals surface area contributed by atoms with Crippen molar-refractivity contribution in [2.45, 2.75) is 20.0 Å². The number of rotatable bonds is 2. The van der Waals surface area contributed by atoms with Crippen LogP contribution in [-0.4, -0.2) is 0 Å². The zero-order valence-corrected chi connectivity index (χ0v) is 10.6. The first-order valence-corrected chi connectivity index (χ1v) is 5.78. The Morgan fingerprint density at radius 2 is 1.53 bits per heavy atom. The van der Waals surface area contributed by atoms with Gasteiger partial charge in [0, 0.05) is 0 Å². The molecule has 0 N–H and O–H groups in total. The Kier molecular flexibility index (Phi) is 3.51. The Morgan fingerprint density at radius 3 is 2.16 bits per heavy atom. The normalized spacial score (nSPS) is 11.4. The van der Waals surface area contributed by atoms with Gasteiger partial charge in [0.2, 0.25) is 0 Å². The van der Waals surface area contributed by atoms with Gasteiger partial charge in [0.25, 0.3) is 0 Å². The third-order valence-electron chi connectivity index (χ3n) is 2.88. The fourth-order valence-corrected chi connectivity index (χ4v) is 1.65. The minimum atomic E-state index is -4.36. The zero-order valence-electron chi connectivity index (χ0n) is 10.6. The van der Waals surface area contributed by atoms with Crippen molar-refractivity contribution < 1.29 is 17.9 Å². The van der Waals surface area contributed by atoms with E-state index in [1.807, 2.05) is 19.9 Å². The van der Waals surface area contributed by atoms with Gasteiger partial charge in [-0.25, -0.2) is 0 Å². The SMILES string of the molecule is Cc1ccc(Oc2cccc(C(F)(F)F)c2)cc1C. The Bertz CT molecular complexity index is 588. The third-order valence-corrected chi connectivity index (χ3v) is 2.88. The summed E-state index contributed by atoms with van der Waals surface area (Å²) in [5.41, 5.74) is 1.43. The summed E-state index contributed by atoms with van der Waals surface area (Å²) in [7, 11) is 0. The second kappa shape index (κ2) is 4.96. The Hall–Kier alpha value is -1.97. The van der Waals surface area contributed by atoms with Crippen LogP contribution in [0, 0.1) is 13.8 Å². The predicted octanol–water partition coefficient (Wildman–Crippen LogP) is 5.11. The largest absolute Gasteiger partial charge is 0.457 e. The van der Waals surface area contributed by atoms with Gasteiger partial charge in [-0.2, -0.15) is 13.2 Å². The quantitative estimate of drug-likeness (QED) is 0.733. The third kappa shape index (κ3) is 3.28. The van der Waals surface area contributed by atoms with E-state index in [2.05, 4.69) is 0 Å². The van der Waals surface area contributed by atoms with Crippen LogP contribution in [0.3, 0.4) is 0 Å². The highest BCUT2D eigenvalue weighted by Gasteiger charge is 2.30. The maximum atomic E-state index is 12.6. The van der Waals surface area contributed by atoms with E-state index in [0.717, 1.165) is 23.3 Å². The van der Waals surface area contributed by atoms with Crippen molar-refractivity contribution in [2.24, 2.45) is 0 Å². The fourth-order valence-electron chi connectivity index (χ4n) is 1.65. The molecule has 0 fully saturated rings. The predicted molar refractivity (Wildman–Crippen MR) is 67.4 cm³/mol. The molecule has 0 saturated carbocycles. The van der Waals surface area contributed by atoms with Gasteiger partial charge in [-0.1, -0.05) is 12.1 Å². The highest BCUT2D eigenvalue weighted by atomic mass is 19.4. The van der Waals surface area contributed by atoms with Crippen LogP contribution >= 0.6 is 0 Å². The van der Waals surface area contributed by atoms with Crippen molar-refractivity contribution in [3.63, 3.8) is 0 Å². The van der Waals surface area contributed by atoms with E-state index in [0.29, 0.717) is 5.75 Å². The molecule has 2 aromatic rings. The van der Waals surface area contributed by atoms with Crippen LogP contribution in [0.1, 0.15) is 16.7 Å². The van der Waals surface area contributed by atoms with Crippen molar-refractivity contribution in [1.29, 1.82) is 0 Å². The Morgan fingerprint density at radius 1 is 0.842 bits per heavy atom. The van der Waals surface area contributed by atoms with E-state index >= 15 is 0 Å². The van der Waals surface area contributed by atoms with Crippen LogP contribution in [0.15, 0.2) is 42.5 Å². The standard InChI is InChI=1S/C15H13F3O/c1-10-6-7-14(8-11(10)2)19-13-5-3-4-12(9-13)15(16,17)18/h3-9H,1-2H3. The van der Waals surface area contributed by atoms with Crippen molar-refractivity contribution in [2.75, 3.05) is 0 Å². The molecule has 0 unspecified atom stereocenters. The van der Waals surface area contributed by atoms with Crippen LogP contribution in [0.5, 0.6) is 11.5 Å². The molecule has 0 radical (unpaired) electrons. The first-order valence-electron chi connectivity index (χ1n) is 5.78. The van der Waals surface area contributed by atoms with E-state index in [1.54, 1.807) is 12.1 Å². The average Bonchev–Trinajstić information content (AvgIpc) is 2.33. The van der Waals surface area contributed by atoms with Gasteiger partial charge in [-0.15, -0.1) is 0 Å². The fraction of sp³-hybridized carbons (Fsp3) is 0.200. The lowest BCUT2D eigenvalue weighted by atomic mass is 10.1. The average molecular weight is 266 g/mol. The lowest BCUT2D eigenvalue weighted by molar-refractivity contribution is -0.137. The summed E-state index contributed by atoms with van der Waals surface area (Å²) in [5, 5.41) is 0. The van der Waals surface area contributed by atoms with E-state index in [-0.39, 0.29) is 5.75 Å². The summed E-state index contributed by atoms with van der Waals surface area (Å²) >= 11 is 0. The van der Waals surface area contributed by atoms with Crippen molar-refractivity contribution in [3.8, 4) is 11.5 Å². The number of halogens is 3. The van der Waals surface area contributed by atoms with Gasteiger partial charge in [-0.3, -0.25) is 0 Å². The van der Waals surface area contributed by atoms with Crippen molar-refractivity contribution in [3.05, 3.63) is 59.2 Å². The summed E-state index contributed by atoms with van der Waals surface area (Å²) in [5.74, 6) is 0.709. The molecule has 2 rings (SSSR count). The minimum Gasteiger partial charge on any atom is -0.457 e. The van der Waals surface area contributed by atoms with Gasteiger partial charge in [0.15, 0.2) is 0 Å². The Labute approximate surface area is 109 Å². The molecule has 0 amide bonds. The summed E-state index contributed by atoms with van der Waals surface area (Å²) < 4.78 is 43.2. The lowest BCUT2D eigenvalue weighted by Crippen LogP contribution is -2.04. The molecule has 0 bridgehead atoms. The molecule has 4 heteroatoms. The van der Waals surface area contributed by atoms with Crippen molar-refractivity contribution >= 4 is 0 Å². The lowest BCUT2D eigenvalue weighted by Gasteiger charge is -2.11. The number of alkyl halides is 3.